The molecule has 366 valence electrons. The fourth-order valence-corrected chi connectivity index (χ4v) is 7.23. The zero-order chi connectivity index (χ0) is 49.0. The Balaban J connectivity index is 2.21. The smallest absolute Gasteiger partial charge is 0.326 e. The van der Waals surface area contributed by atoms with Crippen LogP contribution in [0.2, 0.25) is 0 Å². The molecule has 10 atom stereocenters. The number of imidazole rings is 1. The quantitative estimate of drug-likeness (QED) is 0.0212. The number of aliphatic hydroxyl groups is 3. The number of aromatic nitrogens is 2. The molecule has 0 spiro atoms. The summed E-state index contributed by atoms with van der Waals surface area (Å²) in [5, 5.41) is 55.5. The van der Waals surface area contributed by atoms with Crippen molar-refractivity contribution in [1.29, 1.82) is 0 Å². The zero-order valence-corrected chi connectivity index (χ0v) is 38.1. The first-order valence-corrected chi connectivity index (χ1v) is 22.6. The van der Waals surface area contributed by atoms with Gasteiger partial charge in [-0.15, -0.1) is 0 Å². The molecule has 0 aromatic carbocycles. The molecule has 0 aliphatic carbocycles. The highest BCUT2D eigenvalue weighted by atomic mass is 32.2. The number of carboxylic acid groups (broad SMARTS) is 1. The Bertz CT molecular complexity index is 1780. The molecule has 0 unspecified atom stereocenters. The van der Waals surface area contributed by atoms with Gasteiger partial charge in [0.1, 0.15) is 42.3 Å². The molecule has 1 saturated heterocycles. The highest BCUT2D eigenvalue weighted by Crippen LogP contribution is 2.21. The number of nitrogens with one attached hydrogen (secondary N) is 7. The number of aliphatic hydroxyl groups excluding tert-OH is 3. The number of guanidine groups is 1. The van der Waals surface area contributed by atoms with Gasteiger partial charge in [0, 0.05) is 31.4 Å². The van der Waals surface area contributed by atoms with Crippen LogP contribution in [0, 0.1) is 5.92 Å². The van der Waals surface area contributed by atoms with E-state index in [0.29, 0.717) is 24.3 Å². The van der Waals surface area contributed by atoms with Crippen LogP contribution in [0.25, 0.3) is 0 Å². The predicted molar refractivity (Wildman–Crippen MR) is 237 cm³/mol. The van der Waals surface area contributed by atoms with Crippen LogP contribution in [0.5, 0.6) is 0 Å². The maximum absolute atomic E-state index is 14.0. The summed E-state index contributed by atoms with van der Waals surface area (Å²) in [6, 6.07) is -11.2. The van der Waals surface area contributed by atoms with Gasteiger partial charge in [-0.2, -0.15) is 11.8 Å². The van der Waals surface area contributed by atoms with Crippen LogP contribution >= 0.6 is 11.8 Å². The Hall–Kier alpha value is -5.57. The molecule has 0 bridgehead atoms. The number of carbonyl (C=O) groups excluding carboxylic acids is 7. The average molecular weight is 942 g/mol. The van der Waals surface area contributed by atoms with Crippen molar-refractivity contribution in [2.75, 3.05) is 31.7 Å². The van der Waals surface area contributed by atoms with Crippen LogP contribution in [-0.2, 0) is 44.8 Å². The molecule has 2 rings (SSSR count). The Morgan fingerprint density at radius 3 is 1.97 bits per heavy atom. The number of likely N-dealkylation sites (tertiary alicyclic amines) is 1. The fraction of sp³-hybridized carbons (Fsp3) is 0.692. The van der Waals surface area contributed by atoms with Gasteiger partial charge in [-0.1, -0.05) is 13.8 Å². The summed E-state index contributed by atoms with van der Waals surface area (Å²) in [5.74, 6) is -7.42. The highest BCUT2D eigenvalue weighted by molar-refractivity contribution is 7.98. The Morgan fingerprint density at radius 2 is 1.43 bits per heavy atom. The van der Waals surface area contributed by atoms with Gasteiger partial charge in [0.15, 0.2) is 5.96 Å². The van der Waals surface area contributed by atoms with E-state index in [4.69, 9.17) is 17.2 Å². The van der Waals surface area contributed by atoms with E-state index in [1.54, 1.807) is 13.8 Å². The molecule has 1 aliphatic rings. The summed E-state index contributed by atoms with van der Waals surface area (Å²) in [7, 11) is 0. The fourth-order valence-electron chi connectivity index (χ4n) is 6.74. The number of nitrogens with two attached hydrogens (primary N) is 3. The third kappa shape index (κ3) is 18.4. The topological polar surface area (TPSA) is 412 Å². The molecule has 17 N–H and O–H groups in total. The van der Waals surface area contributed by atoms with Gasteiger partial charge in [0.2, 0.25) is 41.4 Å². The minimum absolute atomic E-state index is 0.0110. The van der Waals surface area contributed by atoms with E-state index in [0.717, 1.165) is 6.92 Å². The molecule has 65 heavy (non-hydrogen) atoms. The lowest BCUT2D eigenvalue weighted by Gasteiger charge is -2.32. The van der Waals surface area contributed by atoms with Crippen LogP contribution in [-0.4, -0.2) is 181 Å². The lowest BCUT2D eigenvalue weighted by molar-refractivity contribution is -0.145. The van der Waals surface area contributed by atoms with E-state index >= 15 is 0 Å². The van der Waals surface area contributed by atoms with E-state index in [1.165, 1.54) is 36.1 Å². The molecule has 0 radical (unpaired) electrons. The molecule has 1 fully saturated rings. The highest BCUT2D eigenvalue weighted by Gasteiger charge is 2.41. The molecule has 1 aromatic heterocycles. The van der Waals surface area contributed by atoms with Gasteiger partial charge in [0.25, 0.3) is 0 Å². The van der Waals surface area contributed by atoms with Crippen molar-refractivity contribution in [3.05, 3.63) is 18.2 Å². The number of hydrogen-bond donors (Lipinski definition) is 14. The van der Waals surface area contributed by atoms with Crippen LogP contribution in [0.4, 0.5) is 0 Å². The number of hydrogen-bond acceptors (Lipinski definition) is 15. The molecule has 0 saturated carbocycles. The minimum atomic E-state index is -1.83. The first-order chi connectivity index (χ1) is 30.6. The van der Waals surface area contributed by atoms with Crippen molar-refractivity contribution in [2.45, 2.75) is 133 Å². The molecular weight excluding hydrogens is 875 g/mol. The first kappa shape index (κ1) is 55.6. The van der Waals surface area contributed by atoms with E-state index in [2.05, 4.69) is 46.9 Å². The van der Waals surface area contributed by atoms with Gasteiger partial charge in [-0.05, 0) is 70.3 Å². The molecule has 26 heteroatoms. The molecule has 25 nitrogen and oxygen atoms in total. The lowest BCUT2D eigenvalue weighted by Crippen LogP contribution is -2.63. The van der Waals surface area contributed by atoms with E-state index in [9.17, 15) is 58.8 Å². The Morgan fingerprint density at radius 1 is 0.846 bits per heavy atom. The third-order valence-electron chi connectivity index (χ3n) is 10.2. The van der Waals surface area contributed by atoms with Gasteiger partial charge < -0.3 is 79.4 Å². The molecular formula is C39H67N13O12S. The molecule has 1 aliphatic heterocycles. The van der Waals surface area contributed by atoms with Crippen molar-refractivity contribution in [3.63, 3.8) is 0 Å². The lowest BCUT2D eigenvalue weighted by atomic mass is 10.0. The first-order valence-electron chi connectivity index (χ1n) is 21.2. The standard InChI is InChI=1S/C39H67N13O12S/c1-19(2)14-25(37(62)52-12-7-9-28(52)34(59)48-26(38(63)64)15-22-16-43-18-45-22)47-35(60)29(20(3)54)51-36(61)30(21(4)55)50-33(58)27(17-53)49-32(57)24(8-6-11-44-39(41)42)46-31(56)23(40)10-13-65-5/h16,18-21,23-30,53-55H,6-15,17,40H2,1-5H3,(H,43,45)(H,46,56)(H,47,60)(H,48,59)(H,49,57)(H,50,58)(H,51,61)(H,63,64)(H4,41,42,44)/t20-,21-,23+,24+,25+,26+,27+,28+,29+,30+/m1/s1. The summed E-state index contributed by atoms with van der Waals surface area (Å²) in [4.78, 5) is 118. The van der Waals surface area contributed by atoms with Gasteiger partial charge >= 0.3 is 5.97 Å². The number of carbonyl (C=O) groups is 8. The molecule has 1 aromatic rings. The number of nitrogens with zero attached hydrogens (tertiary/aromatic N) is 3. The maximum atomic E-state index is 14.0. The number of H-pyrrole nitrogens is 1. The summed E-state index contributed by atoms with van der Waals surface area (Å²) in [6.45, 7) is 5.06. The molecule has 7 amide bonds. The minimum Gasteiger partial charge on any atom is -0.480 e. The second-order valence-corrected chi connectivity index (χ2v) is 17.1. The number of amides is 7. The monoisotopic (exact) mass is 941 g/mol. The van der Waals surface area contributed by atoms with Gasteiger partial charge in [-0.3, -0.25) is 38.6 Å². The van der Waals surface area contributed by atoms with E-state index in [-0.39, 0.29) is 57.1 Å². The van der Waals surface area contributed by atoms with Crippen molar-refractivity contribution >= 4 is 65.0 Å². The van der Waals surface area contributed by atoms with Gasteiger partial charge in [0.05, 0.1) is 31.2 Å². The second-order valence-electron chi connectivity index (χ2n) is 16.2. The predicted octanol–water partition coefficient (Wildman–Crippen LogP) is -5.13. The Labute approximate surface area is 381 Å². The van der Waals surface area contributed by atoms with Crippen LogP contribution in [0.15, 0.2) is 17.5 Å². The zero-order valence-electron chi connectivity index (χ0n) is 37.3. The summed E-state index contributed by atoms with van der Waals surface area (Å²) in [5.41, 5.74) is 17.2. The SMILES string of the molecule is CSCC[C@H](N)C(=O)N[C@@H](CCCN=C(N)N)C(=O)N[C@@H](CO)C(=O)N[C@H](C(=O)N[C@H](C(=O)N[C@@H](CC(C)C)C(=O)N1CCC[C@H]1C(=O)N[C@@H](Cc1cnc[nH]1)C(=O)O)[C@@H](C)O)[C@@H](C)O. The van der Waals surface area contributed by atoms with E-state index < -0.39 is 114 Å². The van der Waals surface area contributed by atoms with Crippen LogP contribution in [0.3, 0.4) is 0 Å². The number of thioether (sulfide) groups is 1. The second kappa shape index (κ2) is 27.7. The van der Waals surface area contributed by atoms with Crippen molar-refractivity contribution in [3.8, 4) is 0 Å². The maximum Gasteiger partial charge on any atom is 0.326 e. The number of rotatable bonds is 28. The average Bonchev–Trinajstić information content (AvgIpc) is 3.95. The number of aliphatic carboxylic acids is 1. The Kier molecular flexibility index (Phi) is 23.7. The largest absolute Gasteiger partial charge is 0.480 e. The summed E-state index contributed by atoms with van der Waals surface area (Å²) >= 11 is 1.46. The third-order valence-corrected chi connectivity index (χ3v) is 10.9. The summed E-state index contributed by atoms with van der Waals surface area (Å²) < 4.78 is 0. The molecule has 2 heterocycles. The van der Waals surface area contributed by atoms with Gasteiger partial charge in [-0.25, -0.2) is 9.78 Å². The van der Waals surface area contributed by atoms with Crippen molar-refractivity contribution < 1.29 is 58.8 Å². The van der Waals surface area contributed by atoms with Crippen molar-refractivity contribution in [2.24, 2.45) is 28.1 Å². The number of aliphatic imine (C=N–C) groups is 1. The number of aromatic amines is 1. The normalized spacial score (nSPS) is 17.8. The van der Waals surface area contributed by atoms with Crippen molar-refractivity contribution in [1.82, 2.24) is 46.8 Å². The van der Waals surface area contributed by atoms with E-state index in [1.807, 2.05) is 6.26 Å². The number of carboxylic acids is 1. The van der Waals surface area contributed by atoms with Crippen LogP contribution < -0.4 is 49.1 Å². The summed E-state index contributed by atoms with van der Waals surface area (Å²) in [6.07, 6.45) is 2.42. The van der Waals surface area contributed by atoms with Crippen LogP contribution in [0.1, 0.15) is 71.9 Å².